The summed E-state index contributed by atoms with van der Waals surface area (Å²) in [6.45, 7) is 3.90. The van der Waals surface area contributed by atoms with E-state index in [0.717, 1.165) is 37.5 Å². The normalized spacial score (nSPS) is 29.2. The first-order chi connectivity index (χ1) is 9.35. The highest BCUT2D eigenvalue weighted by atomic mass is 16.5. The maximum absolute atomic E-state index is 5.03. The van der Waals surface area contributed by atoms with Crippen molar-refractivity contribution in [1.82, 2.24) is 9.88 Å². The molecule has 0 spiro atoms. The largest absolute Gasteiger partial charge is 0.383 e. The van der Waals surface area contributed by atoms with Crippen molar-refractivity contribution in [3.63, 3.8) is 0 Å². The first kappa shape index (κ1) is 13.2. The van der Waals surface area contributed by atoms with Crippen molar-refractivity contribution in [3.8, 4) is 0 Å². The molecule has 0 saturated heterocycles. The van der Waals surface area contributed by atoms with Crippen LogP contribution in [0.4, 0.5) is 0 Å². The van der Waals surface area contributed by atoms with E-state index in [2.05, 4.69) is 28.3 Å². The van der Waals surface area contributed by atoms with Crippen LogP contribution in [0, 0.1) is 17.8 Å². The molecule has 2 aliphatic rings. The molecule has 1 N–H and O–H groups in total. The van der Waals surface area contributed by atoms with Gasteiger partial charge in [0.1, 0.15) is 0 Å². The number of fused-ring (bicyclic) bond motifs is 2. The Labute approximate surface area is 116 Å². The van der Waals surface area contributed by atoms with E-state index in [0.29, 0.717) is 0 Å². The van der Waals surface area contributed by atoms with E-state index in [1.807, 2.05) is 0 Å². The van der Waals surface area contributed by atoms with Gasteiger partial charge in [-0.2, -0.15) is 0 Å². The van der Waals surface area contributed by atoms with E-state index in [4.69, 9.17) is 4.74 Å². The Morgan fingerprint density at radius 1 is 1.37 bits per heavy atom. The second kappa shape index (κ2) is 6.10. The minimum absolute atomic E-state index is 0.784. The molecule has 19 heavy (non-hydrogen) atoms. The molecule has 3 nitrogen and oxygen atoms in total. The molecule has 1 heterocycles. The molecular weight excluding hydrogens is 236 g/mol. The SMILES string of the molecule is COCCNCc1ccn(CC2CC3CCC2C3)c1. The van der Waals surface area contributed by atoms with Gasteiger partial charge in [0.25, 0.3) is 0 Å². The van der Waals surface area contributed by atoms with Gasteiger partial charge in [0.05, 0.1) is 6.61 Å². The van der Waals surface area contributed by atoms with Gasteiger partial charge in [-0.1, -0.05) is 6.42 Å². The van der Waals surface area contributed by atoms with Crippen LogP contribution in [0.2, 0.25) is 0 Å². The Bertz CT molecular complexity index is 401. The number of ether oxygens (including phenoxy) is 1. The topological polar surface area (TPSA) is 26.2 Å². The van der Waals surface area contributed by atoms with Gasteiger partial charge in [0.2, 0.25) is 0 Å². The van der Waals surface area contributed by atoms with Crippen molar-refractivity contribution in [1.29, 1.82) is 0 Å². The minimum atomic E-state index is 0.784. The number of rotatable bonds is 7. The van der Waals surface area contributed by atoms with E-state index in [1.54, 1.807) is 7.11 Å². The van der Waals surface area contributed by atoms with Crippen molar-refractivity contribution in [2.75, 3.05) is 20.3 Å². The molecule has 1 aromatic rings. The summed E-state index contributed by atoms with van der Waals surface area (Å²) in [5.41, 5.74) is 1.39. The maximum Gasteiger partial charge on any atom is 0.0587 e. The summed E-state index contributed by atoms with van der Waals surface area (Å²) in [5, 5.41) is 3.40. The number of methoxy groups -OCH3 is 1. The predicted octanol–water partition coefficient (Wildman–Crippen LogP) is 2.66. The third-order valence-electron chi connectivity index (χ3n) is 4.95. The average molecular weight is 262 g/mol. The summed E-state index contributed by atoms with van der Waals surface area (Å²) in [4.78, 5) is 0. The van der Waals surface area contributed by atoms with Crippen LogP contribution in [-0.4, -0.2) is 24.8 Å². The molecule has 2 saturated carbocycles. The maximum atomic E-state index is 5.03. The summed E-state index contributed by atoms with van der Waals surface area (Å²) in [6.07, 6.45) is 10.5. The molecule has 0 aromatic carbocycles. The lowest BCUT2D eigenvalue weighted by atomic mass is 9.89. The van der Waals surface area contributed by atoms with Crippen LogP contribution >= 0.6 is 0 Å². The molecule has 2 aliphatic carbocycles. The summed E-state index contributed by atoms with van der Waals surface area (Å²) < 4.78 is 7.44. The average Bonchev–Trinajstić information content (AvgIpc) is 3.11. The first-order valence-electron chi connectivity index (χ1n) is 7.69. The summed E-state index contributed by atoms with van der Waals surface area (Å²) in [5.74, 6) is 3.02. The highest BCUT2D eigenvalue weighted by Crippen LogP contribution is 2.48. The Balaban J connectivity index is 1.45. The van der Waals surface area contributed by atoms with Crippen molar-refractivity contribution in [2.24, 2.45) is 17.8 Å². The monoisotopic (exact) mass is 262 g/mol. The quantitative estimate of drug-likeness (QED) is 0.765. The third kappa shape index (κ3) is 3.21. The smallest absolute Gasteiger partial charge is 0.0587 e. The van der Waals surface area contributed by atoms with Gasteiger partial charge in [-0.15, -0.1) is 0 Å². The van der Waals surface area contributed by atoms with Crippen molar-refractivity contribution in [3.05, 3.63) is 24.0 Å². The van der Waals surface area contributed by atoms with Gasteiger partial charge in [-0.3, -0.25) is 0 Å². The Morgan fingerprint density at radius 3 is 3.05 bits per heavy atom. The van der Waals surface area contributed by atoms with E-state index in [1.165, 1.54) is 37.8 Å². The molecule has 3 heteroatoms. The van der Waals surface area contributed by atoms with E-state index in [9.17, 15) is 0 Å². The molecule has 0 radical (unpaired) electrons. The van der Waals surface area contributed by atoms with Gasteiger partial charge in [0, 0.05) is 39.1 Å². The van der Waals surface area contributed by atoms with Crippen molar-refractivity contribution in [2.45, 2.75) is 38.8 Å². The van der Waals surface area contributed by atoms with Crippen LogP contribution in [0.15, 0.2) is 18.5 Å². The van der Waals surface area contributed by atoms with E-state index < -0.39 is 0 Å². The predicted molar refractivity (Wildman–Crippen MR) is 77.0 cm³/mol. The highest BCUT2D eigenvalue weighted by Gasteiger charge is 2.39. The summed E-state index contributed by atoms with van der Waals surface area (Å²) >= 11 is 0. The van der Waals surface area contributed by atoms with Crippen LogP contribution < -0.4 is 5.32 Å². The van der Waals surface area contributed by atoms with Crippen LogP contribution in [0.3, 0.4) is 0 Å². The Morgan fingerprint density at radius 2 is 2.32 bits per heavy atom. The second-order valence-electron chi connectivity index (χ2n) is 6.32. The van der Waals surface area contributed by atoms with Gasteiger partial charge >= 0.3 is 0 Å². The third-order valence-corrected chi connectivity index (χ3v) is 4.95. The molecule has 106 valence electrons. The summed E-state index contributed by atoms with van der Waals surface area (Å²) in [7, 11) is 1.74. The van der Waals surface area contributed by atoms with Gasteiger partial charge < -0.3 is 14.6 Å². The number of hydrogen-bond acceptors (Lipinski definition) is 2. The van der Waals surface area contributed by atoms with Crippen LogP contribution in [0.5, 0.6) is 0 Å². The minimum Gasteiger partial charge on any atom is -0.383 e. The van der Waals surface area contributed by atoms with E-state index in [-0.39, 0.29) is 0 Å². The van der Waals surface area contributed by atoms with Gasteiger partial charge in [-0.25, -0.2) is 0 Å². The molecule has 3 atom stereocenters. The second-order valence-corrected chi connectivity index (χ2v) is 6.32. The van der Waals surface area contributed by atoms with Crippen molar-refractivity contribution >= 4 is 0 Å². The van der Waals surface area contributed by atoms with Crippen LogP contribution in [-0.2, 0) is 17.8 Å². The zero-order valence-electron chi connectivity index (χ0n) is 12.0. The molecule has 1 aromatic heterocycles. The summed E-state index contributed by atoms with van der Waals surface area (Å²) in [6, 6.07) is 2.24. The zero-order valence-corrected chi connectivity index (χ0v) is 12.0. The fourth-order valence-electron chi connectivity index (χ4n) is 3.99. The number of nitrogens with zero attached hydrogens (tertiary/aromatic N) is 1. The number of aromatic nitrogens is 1. The fraction of sp³-hybridized carbons (Fsp3) is 0.750. The lowest BCUT2D eigenvalue weighted by molar-refractivity contribution is 0.199. The first-order valence-corrected chi connectivity index (χ1v) is 7.69. The van der Waals surface area contributed by atoms with E-state index >= 15 is 0 Å². The molecule has 3 rings (SSSR count). The van der Waals surface area contributed by atoms with Crippen LogP contribution in [0.1, 0.15) is 31.2 Å². The zero-order chi connectivity index (χ0) is 13.1. The molecule has 2 bridgehead atoms. The molecule has 0 amide bonds. The lowest BCUT2D eigenvalue weighted by Gasteiger charge is -2.22. The molecule has 3 unspecified atom stereocenters. The molecule has 0 aliphatic heterocycles. The molecule has 2 fully saturated rings. The number of nitrogens with one attached hydrogen (secondary N) is 1. The van der Waals surface area contributed by atoms with Crippen LogP contribution in [0.25, 0.3) is 0 Å². The standard InChI is InChI=1S/C16H26N2O/c1-19-7-5-17-10-14-4-6-18(11-14)12-16-9-13-2-3-15(16)8-13/h4,6,11,13,15-17H,2-3,5,7-10,12H2,1H3. The molecular formula is C16H26N2O. The van der Waals surface area contributed by atoms with Gasteiger partial charge in [0.15, 0.2) is 0 Å². The van der Waals surface area contributed by atoms with Crippen molar-refractivity contribution < 1.29 is 4.74 Å². The number of hydrogen-bond donors (Lipinski definition) is 1. The lowest BCUT2D eigenvalue weighted by Crippen LogP contribution is -2.18. The fourth-order valence-corrected chi connectivity index (χ4v) is 3.99. The highest BCUT2D eigenvalue weighted by molar-refractivity contribution is 5.10. The Kier molecular flexibility index (Phi) is 4.24. The van der Waals surface area contributed by atoms with Gasteiger partial charge in [-0.05, 0) is 48.6 Å². The Hall–Kier alpha value is -0.800.